The Kier molecular flexibility index (Phi) is 10.4. The third kappa shape index (κ3) is 7.82. The van der Waals surface area contributed by atoms with E-state index < -0.39 is 0 Å². The Bertz CT molecular complexity index is 2250. The van der Waals surface area contributed by atoms with Crippen molar-refractivity contribution in [2.75, 3.05) is 47.4 Å². The molecule has 0 aliphatic carbocycles. The van der Waals surface area contributed by atoms with Gasteiger partial charge >= 0.3 is 0 Å². The van der Waals surface area contributed by atoms with Gasteiger partial charge in [-0.2, -0.15) is 10.5 Å². The molecule has 0 unspecified atom stereocenters. The number of nitrogens with zero attached hydrogens (tertiary/aromatic N) is 7. The number of nitriles is 2. The molecule has 6 rings (SSSR count). The molecule has 0 aliphatic rings. The number of hydrogen-bond donors (Lipinski definition) is 8. The van der Waals surface area contributed by atoms with E-state index >= 15 is 0 Å². The molecule has 5 heterocycles. The van der Waals surface area contributed by atoms with Gasteiger partial charge in [-0.1, -0.05) is 6.07 Å². The zero-order valence-corrected chi connectivity index (χ0v) is 25.3. The minimum absolute atomic E-state index is 0.295. The van der Waals surface area contributed by atoms with Gasteiger partial charge in [-0.25, -0.2) is 24.9 Å². The number of nitrogens with one attached hydrogen (secondary N) is 6. The molecule has 1 aromatic carbocycles. The predicted molar refractivity (Wildman–Crippen MR) is 182 cm³/mol. The predicted octanol–water partition coefficient (Wildman–Crippen LogP) is 2.00. The second kappa shape index (κ2) is 15.4. The molecule has 6 aromatic rings. The van der Waals surface area contributed by atoms with Gasteiger partial charge in [0.15, 0.2) is 0 Å². The third-order valence-corrected chi connectivity index (χ3v) is 6.54. The Balaban J connectivity index is 0.000000188. The van der Waals surface area contributed by atoms with Gasteiger partial charge in [0, 0.05) is 50.2 Å². The summed E-state index contributed by atoms with van der Waals surface area (Å²) in [6.07, 6.45) is 4.11. The maximum Gasteiger partial charge on any atom is 0.262 e. The molecule has 240 valence electrons. The fourth-order valence-corrected chi connectivity index (χ4v) is 4.40. The SMILES string of the molecule is N#Cc1ccc(Nc2nc(NCCN)cc3nc[nH]c(=O)c23)nc1.N#Cc1cccc(Nc2nc(NCCN)cc3nc[nH]c(=O)c23)c1. The minimum Gasteiger partial charge on any atom is -0.369 e. The van der Waals surface area contributed by atoms with Crippen molar-refractivity contribution in [2.45, 2.75) is 0 Å². The first-order valence-corrected chi connectivity index (χ1v) is 14.5. The molecule has 17 nitrogen and oxygen atoms in total. The first kappa shape index (κ1) is 32.4. The topological polar surface area (TPSA) is 278 Å². The summed E-state index contributed by atoms with van der Waals surface area (Å²) >= 11 is 0. The van der Waals surface area contributed by atoms with Crippen LogP contribution in [0.4, 0.5) is 34.8 Å². The summed E-state index contributed by atoms with van der Waals surface area (Å²) < 4.78 is 0. The van der Waals surface area contributed by atoms with E-state index in [1.54, 1.807) is 48.5 Å². The Labute approximate surface area is 272 Å². The highest BCUT2D eigenvalue weighted by atomic mass is 16.1. The van der Waals surface area contributed by atoms with Crippen LogP contribution in [0.5, 0.6) is 0 Å². The van der Waals surface area contributed by atoms with Crippen LogP contribution in [0.2, 0.25) is 0 Å². The molecule has 0 saturated carbocycles. The maximum absolute atomic E-state index is 12.2. The highest BCUT2D eigenvalue weighted by Crippen LogP contribution is 2.25. The lowest BCUT2D eigenvalue weighted by Crippen LogP contribution is -2.16. The average molecular weight is 644 g/mol. The molecule has 0 bridgehead atoms. The van der Waals surface area contributed by atoms with Crippen LogP contribution in [-0.4, -0.2) is 61.1 Å². The van der Waals surface area contributed by atoms with E-state index in [9.17, 15) is 9.59 Å². The van der Waals surface area contributed by atoms with Gasteiger partial charge in [-0.3, -0.25) is 9.59 Å². The quantitative estimate of drug-likeness (QED) is 0.106. The third-order valence-electron chi connectivity index (χ3n) is 6.54. The number of rotatable bonds is 10. The Morgan fingerprint density at radius 2 is 1.27 bits per heavy atom. The van der Waals surface area contributed by atoms with Crippen LogP contribution >= 0.6 is 0 Å². The van der Waals surface area contributed by atoms with Crippen molar-refractivity contribution < 1.29 is 0 Å². The van der Waals surface area contributed by atoms with Crippen LogP contribution in [-0.2, 0) is 0 Å². The van der Waals surface area contributed by atoms with Gasteiger partial charge in [0.1, 0.15) is 45.9 Å². The minimum atomic E-state index is -0.311. The first-order valence-electron chi connectivity index (χ1n) is 14.5. The molecule has 0 aliphatic heterocycles. The second-order valence-corrected chi connectivity index (χ2v) is 9.88. The van der Waals surface area contributed by atoms with Crippen LogP contribution in [0, 0.1) is 22.7 Å². The lowest BCUT2D eigenvalue weighted by molar-refractivity contribution is 1.01. The number of nitrogens with two attached hydrogens (primary N) is 2. The molecule has 17 heteroatoms. The van der Waals surface area contributed by atoms with Crippen LogP contribution in [0.3, 0.4) is 0 Å². The number of aromatic nitrogens is 7. The standard InChI is InChI=1S/C16H15N7O.C15H14N8O/c17-4-5-19-13-7-12-14(16(24)21-9-20-12)15(23-13)22-11-3-1-2-10(6-11)8-18;16-3-4-18-12-5-10-13(15(24)21-8-20-10)14(23-12)22-11-2-1-9(6-17)7-19-11/h1-3,6-7,9H,4-5,17H2,(H2,19,22,23)(H,20,21,24);1-2,5,7-8H,3-4,16H2,(H,20,21,24)(H2,18,19,22,23). The molecule has 0 fully saturated rings. The van der Waals surface area contributed by atoms with Crippen molar-refractivity contribution in [1.29, 1.82) is 10.5 Å². The smallest absolute Gasteiger partial charge is 0.262 e. The van der Waals surface area contributed by atoms with Crippen molar-refractivity contribution >= 4 is 56.6 Å². The van der Waals surface area contributed by atoms with E-state index in [1.807, 2.05) is 6.07 Å². The van der Waals surface area contributed by atoms with Crippen molar-refractivity contribution in [3.63, 3.8) is 0 Å². The van der Waals surface area contributed by atoms with Gasteiger partial charge in [0.2, 0.25) is 0 Å². The Morgan fingerprint density at radius 1 is 0.688 bits per heavy atom. The summed E-state index contributed by atoms with van der Waals surface area (Å²) in [5.41, 5.74) is 13.0. The number of aromatic amines is 2. The van der Waals surface area contributed by atoms with Crippen LogP contribution in [0.25, 0.3) is 21.8 Å². The van der Waals surface area contributed by atoms with Crippen molar-refractivity contribution in [3.8, 4) is 12.1 Å². The fourth-order valence-electron chi connectivity index (χ4n) is 4.40. The number of H-pyrrole nitrogens is 2. The van der Waals surface area contributed by atoms with Crippen LogP contribution in [0.15, 0.2) is 77.0 Å². The number of hydrogen-bond acceptors (Lipinski definition) is 15. The normalized spacial score (nSPS) is 10.3. The largest absolute Gasteiger partial charge is 0.369 e. The molecule has 0 spiro atoms. The maximum atomic E-state index is 12.2. The Morgan fingerprint density at radius 3 is 1.79 bits per heavy atom. The summed E-state index contributed by atoms with van der Waals surface area (Å²) in [7, 11) is 0. The molecular weight excluding hydrogens is 614 g/mol. The second-order valence-electron chi connectivity index (χ2n) is 9.88. The zero-order valence-electron chi connectivity index (χ0n) is 25.3. The number of pyridine rings is 3. The van der Waals surface area contributed by atoms with Crippen molar-refractivity contribution in [1.82, 2.24) is 34.9 Å². The van der Waals surface area contributed by atoms with E-state index in [0.717, 1.165) is 0 Å². The summed E-state index contributed by atoms with van der Waals surface area (Å²) in [4.78, 5) is 50.7. The van der Waals surface area contributed by atoms with E-state index in [4.69, 9.17) is 22.0 Å². The van der Waals surface area contributed by atoms with Gasteiger partial charge in [-0.15, -0.1) is 0 Å². The number of fused-ring (bicyclic) bond motifs is 2. The number of anilines is 6. The van der Waals surface area contributed by atoms with E-state index in [0.29, 0.717) is 93.9 Å². The van der Waals surface area contributed by atoms with Crippen LogP contribution in [0.1, 0.15) is 11.1 Å². The lowest BCUT2D eigenvalue weighted by atomic mass is 10.2. The first-order chi connectivity index (χ1) is 23.4. The molecule has 10 N–H and O–H groups in total. The van der Waals surface area contributed by atoms with Crippen molar-refractivity contribution in [3.05, 3.63) is 99.2 Å². The molecule has 5 aromatic heterocycles. The molecular formula is C31H29N15O2. The van der Waals surface area contributed by atoms with Crippen molar-refractivity contribution in [2.24, 2.45) is 11.5 Å². The number of benzene rings is 1. The highest BCUT2D eigenvalue weighted by Gasteiger charge is 2.13. The average Bonchev–Trinajstić information content (AvgIpc) is 3.10. The van der Waals surface area contributed by atoms with Gasteiger partial charge < -0.3 is 42.7 Å². The van der Waals surface area contributed by atoms with Crippen LogP contribution < -0.4 is 43.9 Å². The van der Waals surface area contributed by atoms with Gasteiger partial charge in [0.05, 0.1) is 40.9 Å². The molecule has 0 amide bonds. The molecule has 0 atom stereocenters. The monoisotopic (exact) mass is 643 g/mol. The summed E-state index contributed by atoms with van der Waals surface area (Å²) in [6.45, 7) is 1.99. The van der Waals surface area contributed by atoms with E-state index in [-0.39, 0.29) is 11.1 Å². The zero-order chi connectivity index (χ0) is 33.9. The molecule has 48 heavy (non-hydrogen) atoms. The van der Waals surface area contributed by atoms with E-state index in [2.05, 4.69) is 62.2 Å². The Hall–Kier alpha value is -6.95. The highest BCUT2D eigenvalue weighted by molar-refractivity contribution is 5.92. The van der Waals surface area contributed by atoms with E-state index in [1.165, 1.54) is 18.9 Å². The summed E-state index contributed by atoms with van der Waals surface area (Å²) in [6, 6.07) is 17.6. The fraction of sp³-hybridized carbons (Fsp3) is 0.129. The van der Waals surface area contributed by atoms with Gasteiger partial charge in [0.25, 0.3) is 11.1 Å². The van der Waals surface area contributed by atoms with Gasteiger partial charge in [-0.05, 0) is 30.3 Å². The molecule has 0 saturated heterocycles. The summed E-state index contributed by atoms with van der Waals surface area (Å²) in [5.74, 6) is 2.24. The lowest BCUT2D eigenvalue weighted by Gasteiger charge is -2.11. The summed E-state index contributed by atoms with van der Waals surface area (Å²) in [5, 5.41) is 30.7. The molecule has 0 radical (unpaired) electrons.